The quantitative estimate of drug-likeness (QED) is 0.711. The third kappa shape index (κ3) is 1.99. The van der Waals surface area contributed by atoms with E-state index in [1.165, 1.54) is 0 Å². The lowest BCUT2D eigenvalue weighted by molar-refractivity contribution is 0.309. The average molecular weight is 250 g/mol. The van der Waals surface area contributed by atoms with Crippen molar-refractivity contribution >= 4 is 11.9 Å². The van der Waals surface area contributed by atoms with Gasteiger partial charge >= 0.3 is 0 Å². The number of piperazine rings is 1. The number of hydrogen-bond acceptors (Lipinski definition) is 8. The number of nitrogens with two attached hydrogens (primary N) is 1. The van der Waals surface area contributed by atoms with Crippen molar-refractivity contribution < 1.29 is 4.52 Å². The molecule has 9 nitrogen and oxygen atoms in total. The standard InChI is InChI=1S/C9H14N8O/c1-16-2-4-17(5-3-16)9-12-7(18-15-9)6-11-8(10)14-13-6/h2-5H2,1H3,(H3,10,11,13,14). The molecule has 0 saturated carbocycles. The normalized spacial score (nSPS) is 17.3. The molecule has 3 rings (SSSR count). The van der Waals surface area contributed by atoms with E-state index < -0.39 is 0 Å². The number of hydrogen-bond donors (Lipinski definition) is 2. The van der Waals surface area contributed by atoms with E-state index in [9.17, 15) is 0 Å². The zero-order valence-electron chi connectivity index (χ0n) is 10.00. The molecule has 2 aromatic heterocycles. The molecule has 0 bridgehead atoms. The fourth-order valence-corrected chi connectivity index (χ4v) is 1.82. The molecule has 0 unspecified atom stereocenters. The van der Waals surface area contributed by atoms with Gasteiger partial charge in [0.15, 0.2) is 0 Å². The summed E-state index contributed by atoms with van der Waals surface area (Å²) < 4.78 is 5.14. The van der Waals surface area contributed by atoms with Crippen molar-refractivity contribution in [1.29, 1.82) is 0 Å². The van der Waals surface area contributed by atoms with Gasteiger partial charge < -0.3 is 20.1 Å². The topological polar surface area (TPSA) is 113 Å². The van der Waals surface area contributed by atoms with Crippen molar-refractivity contribution in [3.05, 3.63) is 0 Å². The third-order valence-electron chi connectivity index (χ3n) is 2.91. The van der Waals surface area contributed by atoms with Gasteiger partial charge in [0.25, 0.3) is 11.8 Å². The predicted octanol–water partition coefficient (Wildman–Crippen LogP) is -0.811. The lowest BCUT2D eigenvalue weighted by Crippen LogP contribution is -2.44. The Morgan fingerprint density at radius 3 is 2.67 bits per heavy atom. The van der Waals surface area contributed by atoms with Crippen LogP contribution >= 0.6 is 0 Å². The Bertz CT molecular complexity index is 526. The van der Waals surface area contributed by atoms with Gasteiger partial charge in [-0.15, -0.1) is 5.10 Å². The van der Waals surface area contributed by atoms with Gasteiger partial charge in [-0.05, 0) is 12.2 Å². The summed E-state index contributed by atoms with van der Waals surface area (Å²) in [5, 5.41) is 10.3. The van der Waals surface area contributed by atoms with Crippen molar-refractivity contribution in [2.45, 2.75) is 0 Å². The second-order valence-electron chi connectivity index (χ2n) is 4.23. The van der Waals surface area contributed by atoms with Crippen LogP contribution in [0.4, 0.5) is 11.9 Å². The minimum Gasteiger partial charge on any atom is -0.366 e. The Morgan fingerprint density at radius 2 is 2.00 bits per heavy atom. The van der Waals surface area contributed by atoms with E-state index in [4.69, 9.17) is 10.3 Å². The van der Waals surface area contributed by atoms with Crippen LogP contribution in [-0.2, 0) is 0 Å². The number of nitrogens with one attached hydrogen (secondary N) is 1. The van der Waals surface area contributed by atoms with Crippen LogP contribution in [0, 0.1) is 0 Å². The van der Waals surface area contributed by atoms with Crippen molar-refractivity contribution in [3.63, 3.8) is 0 Å². The molecule has 1 fully saturated rings. The summed E-state index contributed by atoms with van der Waals surface area (Å²) in [5.74, 6) is 1.42. The molecule has 3 N–H and O–H groups in total. The number of likely N-dealkylation sites (N-methyl/N-ethyl adjacent to an activating group) is 1. The van der Waals surface area contributed by atoms with Gasteiger partial charge in [-0.1, -0.05) is 0 Å². The Morgan fingerprint density at radius 1 is 1.22 bits per heavy atom. The molecule has 0 atom stereocenters. The van der Waals surface area contributed by atoms with E-state index in [-0.39, 0.29) is 5.95 Å². The molecule has 1 aliphatic rings. The molecule has 1 aliphatic heterocycles. The van der Waals surface area contributed by atoms with Crippen molar-refractivity contribution in [2.24, 2.45) is 0 Å². The van der Waals surface area contributed by atoms with Gasteiger partial charge in [-0.25, -0.2) is 0 Å². The molecule has 18 heavy (non-hydrogen) atoms. The minimum absolute atomic E-state index is 0.157. The highest BCUT2D eigenvalue weighted by Crippen LogP contribution is 2.17. The van der Waals surface area contributed by atoms with E-state index in [2.05, 4.69) is 42.2 Å². The van der Waals surface area contributed by atoms with Gasteiger partial charge in [0.2, 0.25) is 11.8 Å². The number of aromatic amines is 1. The fraction of sp³-hybridized carbons (Fsp3) is 0.556. The predicted molar refractivity (Wildman–Crippen MR) is 63.8 cm³/mol. The summed E-state index contributed by atoms with van der Waals surface area (Å²) >= 11 is 0. The molecule has 0 amide bonds. The van der Waals surface area contributed by atoms with Gasteiger partial charge in [0.05, 0.1) is 0 Å². The van der Waals surface area contributed by atoms with E-state index >= 15 is 0 Å². The van der Waals surface area contributed by atoms with Crippen LogP contribution in [0.5, 0.6) is 0 Å². The molecule has 0 aliphatic carbocycles. The number of rotatable bonds is 2. The van der Waals surface area contributed by atoms with Gasteiger partial charge in [0.1, 0.15) is 0 Å². The van der Waals surface area contributed by atoms with E-state index in [1.54, 1.807) is 0 Å². The lowest BCUT2D eigenvalue weighted by atomic mass is 10.3. The number of nitrogens with zero attached hydrogens (tertiary/aromatic N) is 6. The fourth-order valence-electron chi connectivity index (χ4n) is 1.82. The molecule has 9 heteroatoms. The first-order valence-electron chi connectivity index (χ1n) is 5.68. The summed E-state index contributed by atoms with van der Waals surface area (Å²) in [6.45, 7) is 3.74. The smallest absolute Gasteiger partial charge is 0.296 e. The molecular formula is C9H14N8O. The van der Waals surface area contributed by atoms with Gasteiger partial charge in [-0.2, -0.15) is 9.97 Å². The number of H-pyrrole nitrogens is 1. The molecule has 1 saturated heterocycles. The molecule has 0 aromatic carbocycles. The van der Waals surface area contributed by atoms with Crippen LogP contribution in [0.25, 0.3) is 11.7 Å². The van der Waals surface area contributed by atoms with Gasteiger partial charge in [-0.3, -0.25) is 5.10 Å². The summed E-state index contributed by atoms with van der Waals surface area (Å²) in [6.07, 6.45) is 0. The van der Waals surface area contributed by atoms with Crippen molar-refractivity contribution in [3.8, 4) is 11.7 Å². The lowest BCUT2D eigenvalue weighted by Gasteiger charge is -2.31. The Hall–Kier alpha value is -2.16. The van der Waals surface area contributed by atoms with Gasteiger partial charge in [0, 0.05) is 26.2 Å². The number of anilines is 2. The first-order chi connectivity index (χ1) is 8.72. The minimum atomic E-state index is 0.157. The monoisotopic (exact) mass is 250 g/mol. The van der Waals surface area contributed by atoms with Crippen LogP contribution < -0.4 is 10.6 Å². The number of nitrogen functional groups attached to an aromatic ring is 1. The SMILES string of the molecule is CN1CCN(c2noc(-c3nc(N)n[nH]3)n2)CC1. The van der Waals surface area contributed by atoms with Crippen LogP contribution in [-0.4, -0.2) is 63.4 Å². The Balaban J connectivity index is 1.77. The molecule has 0 radical (unpaired) electrons. The molecular weight excluding hydrogens is 236 g/mol. The largest absolute Gasteiger partial charge is 0.366 e. The average Bonchev–Trinajstić information content (AvgIpc) is 2.98. The third-order valence-corrected chi connectivity index (χ3v) is 2.91. The van der Waals surface area contributed by atoms with E-state index in [1.807, 2.05) is 0 Å². The zero-order chi connectivity index (χ0) is 12.5. The molecule has 3 heterocycles. The van der Waals surface area contributed by atoms with Crippen LogP contribution in [0.15, 0.2) is 4.52 Å². The van der Waals surface area contributed by atoms with E-state index in [0.717, 1.165) is 26.2 Å². The summed E-state index contributed by atoms with van der Waals surface area (Å²) in [6, 6.07) is 0. The Kier molecular flexibility index (Phi) is 2.59. The summed E-state index contributed by atoms with van der Waals surface area (Å²) in [7, 11) is 2.09. The zero-order valence-corrected chi connectivity index (χ0v) is 10.00. The first-order valence-corrected chi connectivity index (χ1v) is 5.68. The maximum absolute atomic E-state index is 5.42. The van der Waals surface area contributed by atoms with Crippen LogP contribution in [0.2, 0.25) is 0 Å². The highest BCUT2D eigenvalue weighted by atomic mass is 16.5. The first kappa shape index (κ1) is 11.0. The number of aromatic nitrogens is 5. The Labute approximate surface area is 103 Å². The van der Waals surface area contributed by atoms with Crippen LogP contribution in [0.1, 0.15) is 0 Å². The maximum atomic E-state index is 5.42. The highest BCUT2D eigenvalue weighted by molar-refractivity contribution is 5.45. The summed E-state index contributed by atoms with van der Waals surface area (Å²) in [4.78, 5) is 12.6. The van der Waals surface area contributed by atoms with Crippen molar-refractivity contribution in [1.82, 2.24) is 30.2 Å². The highest BCUT2D eigenvalue weighted by Gasteiger charge is 2.20. The molecule has 2 aromatic rings. The summed E-state index contributed by atoms with van der Waals surface area (Å²) in [5.41, 5.74) is 5.42. The maximum Gasteiger partial charge on any atom is 0.296 e. The molecule has 0 spiro atoms. The second kappa shape index (κ2) is 4.26. The van der Waals surface area contributed by atoms with E-state index in [0.29, 0.717) is 17.7 Å². The van der Waals surface area contributed by atoms with Crippen molar-refractivity contribution in [2.75, 3.05) is 43.9 Å². The second-order valence-corrected chi connectivity index (χ2v) is 4.23. The molecule has 96 valence electrons. The van der Waals surface area contributed by atoms with Crippen LogP contribution in [0.3, 0.4) is 0 Å².